The summed E-state index contributed by atoms with van der Waals surface area (Å²) < 4.78 is 29.6. The summed E-state index contributed by atoms with van der Waals surface area (Å²) in [5.41, 5.74) is 0. The van der Waals surface area contributed by atoms with Gasteiger partial charge < -0.3 is 18.8 Å². The van der Waals surface area contributed by atoms with Crippen LogP contribution < -0.4 is 4.74 Å². The number of aromatic nitrogens is 2. The van der Waals surface area contributed by atoms with E-state index in [2.05, 4.69) is 10.2 Å². The van der Waals surface area contributed by atoms with Crippen LogP contribution >= 0.6 is 0 Å². The van der Waals surface area contributed by atoms with Crippen molar-refractivity contribution in [2.75, 3.05) is 26.4 Å². The largest absolute Gasteiger partial charge is 0.481 e. The van der Waals surface area contributed by atoms with Gasteiger partial charge in [-0.25, -0.2) is 4.39 Å². The highest BCUT2D eigenvalue weighted by Gasteiger charge is 2.32. The average Bonchev–Trinajstić information content (AvgIpc) is 3.00. The molecule has 23 heavy (non-hydrogen) atoms. The molecule has 0 bridgehead atoms. The quantitative estimate of drug-likeness (QED) is 0.849. The summed E-state index contributed by atoms with van der Waals surface area (Å²) in [6.07, 6.45) is 0. The zero-order valence-corrected chi connectivity index (χ0v) is 12.6. The maximum Gasteiger partial charge on any atom is 0.261 e. The normalized spacial score (nSPS) is 18.0. The third kappa shape index (κ3) is 3.48. The second-order valence-electron chi connectivity index (χ2n) is 5.06. The van der Waals surface area contributed by atoms with Gasteiger partial charge in [0.05, 0.1) is 13.2 Å². The first-order valence-corrected chi connectivity index (χ1v) is 7.19. The smallest absolute Gasteiger partial charge is 0.261 e. The minimum absolute atomic E-state index is 0.0410. The van der Waals surface area contributed by atoms with Crippen LogP contribution in [0.1, 0.15) is 17.8 Å². The fraction of sp³-hybridized carbons (Fsp3) is 0.400. The lowest BCUT2D eigenvalue weighted by molar-refractivity contribution is -0.143. The number of carbonyl (C=O) groups is 1. The van der Waals surface area contributed by atoms with Crippen LogP contribution in [0.3, 0.4) is 0 Å². The van der Waals surface area contributed by atoms with Crippen LogP contribution in [0, 0.1) is 12.7 Å². The minimum atomic E-state index is -0.508. The van der Waals surface area contributed by atoms with E-state index in [4.69, 9.17) is 13.9 Å². The van der Waals surface area contributed by atoms with E-state index in [-0.39, 0.29) is 24.9 Å². The predicted molar refractivity (Wildman–Crippen MR) is 76.2 cm³/mol. The lowest BCUT2D eigenvalue weighted by Crippen LogP contribution is -2.45. The van der Waals surface area contributed by atoms with Gasteiger partial charge in [0.15, 0.2) is 18.2 Å². The number of nitrogens with zero attached hydrogens (tertiary/aromatic N) is 3. The van der Waals surface area contributed by atoms with Crippen LogP contribution in [-0.4, -0.2) is 47.4 Å². The number of hydrogen-bond donors (Lipinski definition) is 0. The number of rotatable bonds is 4. The molecule has 1 saturated heterocycles. The topological polar surface area (TPSA) is 77.7 Å². The molecule has 1 fully saturated rings. The van der Waals surface area contributed by atoms with E-state index < -0.39 is 11.9 Å². The van der Waals surface area contributed by atoms with E-state index in [1.54, 1.807) is 24.0 Å². The summed E-state index contributed by atoms with van der Waals surface area (Å²) in [4.78, 5) is 14.0. The molecule has 1 aromatic heterocycles. The monoisotopic (exact) mass is 321 g/mol. The molecule has 8 heteroatoms. The van der Waals surface area contributed by atoms with Crippen LogP contribution in [-0.2, 0) is 9.53 Å². The predicted octanol–water partition coefficient (Wildman–Crippen LogP) is 1.50. The van der Waals surface area contributed by atoms with Gasteiger partial charge >= 0.3 is 0 Å². The van der Waals surface area contributed by atoms with Crippen LogP contribution in [0.25, 0.3) is 0 Å². The van der Waals surface area contributed by atoms with Crippen molar-refractivity contribution in [1.29, 1.82) is 0 Å². The van der Waals surface area contributed by atoms with E-state index in [0.717, 1.165) is 0 Å². The van der Waals surface area contributed by atoms with Crippen LogP contribution in [0.2, 0.25) is 0 Å². The molecule has 0 aliphatic carbocycles. The third-order valence-electron chi connectivity index (χ3n) is 3.46. The van der Waals surface area contributed by atoms with Crippen molar-refractivity contribution in [1.82, 2.24) is 15.1 Å². The number of hydrogen-bond acceptors (Lipinski definition) is 6. The fourth-order valence-electron chi connectivity index (χ4n) is 2.34. The number of aryl methyl sites for hydroxylation is 1. The van der Waals surface area contributed by atoms with Gasteiger partial charge in [-0.1, -0.05) is 12.1 Å². The van der Waals surface area contributed by atoms with Crippen molar-refractivity contribution in [2.24, 2.45) is 0 Å². The number of benzene rings is 1. The van der Waals surface area contributed by atoms with Crippen LogP contribution in [0.15, 0.2) is 28.7 Å². The summed E-state index contributed by atoms with van der Waals surface area (Å²) in [6.45, 7) is 2.46. The first-order valence-electron chi connectivity index (χ1n) is 7.19. The van der Waals surface area contributed by atoms with Gasteiger partial charge in [-0.3, -0.25) is 4.79 Å². The number of ether oxygens (including phenoxy) is 2. The molecule has 2 heterocycles. The summed E-state index contributed by atoms with van der Waals surface area (Å²) in [5, 5.41) is 7.71. The molecule has 0 radical (unpaired) electrons. The van der Waals surface area contributed by atoms with Gasteiger partial charge in [0.25, 0.3) is 5.91 Å². The fourth-order valence-corrected chi connectivity index (χ4v) is 2.34. The molecule has 1 amide bonds. The van der Waals surface area contributed by atoms with E-state index in [1.807, 2.05) is 0 Å². The third-order valence-corrected chi connectivity index (χ3v) is 3.46. The number of morpholine rings is 1. The van der Waals surface area contributed by atoms with Crippen molar-refractivity contribution in [2.45, 2.75) is 13.0 Å². The molecule has 0 unspecified atom stereocenters. The Morgan fingerprint density at radius 1 is 1.43 bits per heavy atom. The Labute approximate surface area is 132 Å². The Kier molecular flexibility index (Phi) is 4.52. The Morgan fingerprint density at radius 3 is 3.00 bits per heavy atom. The first-order chi connectivity index (χ1) is 11.1. The van der Waals surface area contributed by atoms with Gasteiger partial charge in [0.1, 0.15) is 6.04 Å². The van der Waals surface area contributed by atoms with E-state index in [9.17, 15) is 9.18 Å². The molecule has 0 saturated carbocycles. The standard InChI is InChI=1S/C15H16FN3O4/c1-10-17-18-15(23-10)12-8-21-7-6-19(12)14(20)9-22-13-5-3-2-4-11(13)16/h2-5,12H,6-9H2,1H3/t12-/m0/s1. The summed E-state index contributed by atoms with van der Waals surface area (Å²) in [5.74, 6) is -0.0231. The molecule has 122 valence electrons. The van der Waals surface area contributed by atoms with Gasteiger partial charge in [0.2, 0.25) is 11.8 Å². The summed E-state index contributed by atoms with van der Waals surface area (Å²) in [7, 11) is 0. The highest BCUT2D eigenvalue weighted by molar-refractivity contribution is 5.78. The van der Waals surface area contributed by atoms with E-state index in [1.165, 1.54) is 12.1 Å². The second-order valence-corrected chi connectivity index (χ2v) is 5.06. The Balaban J connectivity index is 1.68. The second kappa shape index (κ2) is 6.74. The van der Waals surface area contributed by atoms with Gasteiger partial charge in [-0.2, -0.15) is 0 Å². The molecular formula is C15H16FN3O4. The van der Waals surface area contributed by atoms with E-state index in [0.29, 0.717) is 24.9 Å². The maximum absolute atomic E-state index is 13.5. The molecule has 0 spiro atoms. The Bertz CT molecular complexity index is 691. The van der Waals surface area contributed by atoms with Gasteiger partial charge in [-0.05, 0) is 12.1 Å². The average molecular weight is 321 g/mol. The summed E-state index contributed by atoms with van der Waals surface area (Å²) >= 11 is 0. The SMILES string of the molecule is Cc1nnc([C@@H]2COCCN2C(=O)COc2ccccc2F)o1. The molecular weight excluding hydrogens is 305 g/mol. The number of halogens is 1. The van der Waals surface area contributed by atoms with Crippen molar-refractivity contribution >= 4 is 5.91 Å². The number of para-hydroxylation sites is 1. The molecule has 2 aromatic rings. The molecule has 0 N–H and O–H groups in total. The highest BCUT2D eigenvalue weighted by Crippen LogP contribution is 2.23. The molecule has 1 atom stereocenters. The zero-order valence-electron chi connectivity index (χ0n) is 12.6. The maximum atomic E-state index is 13.5. The molecule has 1 aliphatic rings. The van der Waals surface area contributed by atoms with Gasteiger partial charge in [0, 0.05) is 13.5 Å². The van der Waals surface area contributed by atoms with Crippen molar-refractivity contribution in [3.05, 3.63) is 41.9 Å². The first kappa shape index (κ1) is 15.4. The molecule has 7 nitrogen and oxygen atoms in total. The number of carbonyl (C=O) groups excluding carboxylic acids is 1. The molecule has 1 aromatic carbocycles. The molecule has 3 rings (SSSR count). The van der Waals surface area contributed by atoms with E-state index >= 15 is 0 Å². The van der Waals surface area contributed by atoms with Crippen LogP contribution in [0.4, 0.5) is 4.39 Å². The number of amides is 1. The van der Waals surface area contributed by atoms with Crippen LogP contribution in [0.5, 0.6) is 5.75 Å². The lowest BCUT2D eigenvalue weighted by atomic mass is 10.2. The highest BCUT2D eigenvalue weighted by atomic mass is 19.1. The Morgan fingerprint density at radius 2 is 2.26 bits per heavy atom. The molecule has 1 aliphatic heterocycles. The minimum Gasteiger partial charge on any atom is -0.481 e. The lowest BCUT2D eigenvalue weighted by Gasteiger charge is -2.33. The Hall–Kier alpha value is -2.48. The van der Waals surface area contributed by atoms with Crippen molar-refractivity contribution in [3.63, 3.8) is 0 Å². The summed E-state index contributed by atoms with van der Waals surface area (Å²) in [6, 6.07) is 5.49. The zero-order chi connectivity index (χ0) is 16.2. The van der Waals surface area contributed by atoms with Gasteiger partial charge in [-0.15, -0.1) is 10.2 Å². The van der Waals surface area contributed by atoms with Crippen molar-refractivity contribution < 1.29 is 23.1 Å². The van der Waals surface area contributed by atoms with Crippen molar-refractivity contribution in [3.8, 4) is 5.75 Å².